The molecule has 0 N–H and O–H groups in total. The summed E-state index contributed by atoms with van der Waals surface area (Å²) in [5.74, 6) is 0.633. The summed E-state index contributed by atoms with van der Waals surface area (Å²) in [4.78, 5) is 5.27. The molecule has 0 aliphatic heterocycles. The maximum atomic E-state index is 5.27. The first kappa shape index (κ1) is 11.8. The third kappa shape index (κ3) is 5.21. The van der Waals surface area contributed by atoms with E-state index < -0.39 is 0 Å². The summed E-state index contributed by atoms with van der Waals surface area (Å²) in [6, 6.07) is 10.1. The van der Waals surface area contributed by atoms with Crippen molar-refractivity contribution in [2.75, 3.05) is 0 Å². The van der Waals surface area contributed by atoms with Gasteiger partial charge in [-0.25, -0.2) is 0 Å². The summed E-state index contributed by atoms with van der Waals surface area (Å²) in [5.41, 5.74) is 2.21. The molecular weight excluding hydrogens is 186 g/mol. The minimum atomic E-state index is 0.552. The molecule has 0 atom stereocenters. The van der Waals surface area contributed by atoms with Crippen LogP contribution in [0.5, 0.6) is 0 Å². The molecule has 0 aromatic heterocycles. The second kappa shape index (κ2) is 6.23. The van der Waals surface area contributed by atoms with E-state index in [0.29, 0.717) is 12.5 Å². The summed E-state index contributed by atoms with van der Waals surface area (Å²) < 4.78 is 0. The molecule has 0 aliphatic carbocycles. The van der Waals surface area contributed by atoms with E-state index in [1.54, 1.807) is 0 Å². The predicted molar refractivity (Wildman–Crippen MR) is 63.8 cm³/mol. The van der Waals surface area contributed by atoms with Crippen molar-refractivity contribution in [2.24, 2.45) is 11.1 Å². The molecule has 0 saturated carbocycles. The van der Waals surface area contributed by atoms with Gasteiger partial charge in [0.05, 0.1) is 5.71 Å². The van der Waals surface area contributed by atoms with Gasteiger partial charge in [-0.1, -0.05) is 49.3 Å². The van der Waals surface area contributed by atoms with E-state index in [2.05, 4.69) is 19.0 Å². The van der Waals surface area contributed by atoms with E-state index in [0.717, 1.165) is 17.7 Å². The van der Waals surface area contributed by atoms with Gasteiger partial charge in [-0.05, 0) is 24.8 Å². The first-order valence-electron chi connectivity index (χ1n) is 5.38. The lowest BCUT2D eigenvalue weighted by molar-refractivity contribution is 0.129. The molecule has 2 nitrogen and oxygen atoms in total. The summed E-state index contributed by atoms with van der Waals surface area (Å²) in [6.45, 7) is 6.91. The molecule has 0 spiro atoms. The minimum absolute atomic E-state index is 0.552. The van der Waals surface area contributed by atoms with E-state index in [4.69, 9.17) is 4.84 Å². The molecule has 0 bridgehead atoms. The largest absolute Gasteiger partial charge is 0.391 e. The van der Waals surface area contributed by atoms with Crippen LogP contribution in [0.3, 0.4) is 0 Å². The van der Waals surface area contributed by atoms with E-state index >= 15 is 0 Å². The van der Waals surface area contributed by atoms with Gasteiger partial charge in [-0.3, -0.25) is 0 Å². The van der Waals surface area contributed by atoms with Gasteiger partial charge in [-0.15, -0.1) is 0 Å². The zero-order valence-electron chi connectivity index (χ0n) is 9.73. The number of benzene rings is 1. The Morgan fingerprint density at radius 3 is 2.53 bits per heavy atom. The van der Waals surface area contributed by atoms with Crippen LogP contribution in [0.1, 0.15) is 32.8 Å². The Labute approximate surface area is 91.9 Å². The molecule has 82 valence electrons. The highest BCUT2D eigenvalue weighted by Crippen LogP contribution is 2.04. The lowest BCUT2D eigenvalue weighted by atomic mass is 10.1. The highest BCUT2D eigenvalue weighted by Gasteiger charge is 1.97. The number of nitrogens with zero attached hydrogens (tertiary/aromatic N) is 1. The number of oxime groups is 1. The van der Waals surface area contributed by atoms with Crippen LogP contribution in [0.25, 0.3) is 0 Å². The van der Waals surface area contributed by atoms with Gasteiger partial charge in [-0.2, -0.15) is 0 Å². The fourth-order valence-corrected chi connectivity index (χ4v) is 1.42. The van der Waals surface area contributed by atoms with Crippen molar-refractivity contribution in [1.82, 2.24) is 0 Å². The molecule has 2 heteroatoms. The first-order valence-corrected chi connectivity index (χ1v) is 5.38. The molecule has 0 fully saturated rings. The monoisotopic (exact) mass is 205 g/mol. The fraction of sp³-hybridized carbons (Fsp3) is 0.462. The lowest BCUT2D eigenvalue weighted by Crippen LogP contribution is -1.99. The highest BCUT2D eigenvalue weighted by molar-refractivity contribution is 5.81. The second-order valence-electron chi connectivity index (χ2n) is 4.18. The summed E-state index contributed by atoms with van der Waals surface area (Å²) >= 11 is 0. The van der Waals surface area contributed by atoms with Gasteiger partial charge < -0.3 is 4.84 Å². The maximum absolute atomic E-state index is 5.27. The predicted octanol–water partition coefficient (Wildman–Crippen LogP) is 3.63. The average Bonchev–Trinajstić information content (AvgIpc) is 2.18. The molecule has 0 saturated heterocycles. The molecule has 1 aromatic rings. The van der Waals surface area contributed by atoms with Crippen LogP contribution in [0.2, 0.25) is 0 Å². The van der Waals surface area contributed by atoms with Crippen LogP contribution in [-0.2, 0) is 11.4 Å². The van der Waals surface area contributed by atoms with Crippen molar-refractivity contribution in [3.05, 3.63) is 35.9 Å². The van der Waals surface area contributed by atoms with E-state index in [9.17, 15) is 0 Å². The molecule has 0 aliphatic rings. The molecule has 0 unspecified atom stereocenters. The third-order valence-corrected chi connectivity index (χ3v) is 2.00. The minimum Gasteiger partial charge on any atom is -0.391 e. The standard InChI is InChI=1S/C13H19NO/c1-11(2)9-12(3)14-15-10-13-7-5-4-6-8-13/h4-8,11H,9-10H2,1-3H3/b14-12+. The number of hydrogen-bond acceptors (Lipinski definition) is 2. The highest BCUT2D eigenvalue weighted by atomic mass is 16.6. The Bertz CT molecular complexity index is 304. The Balaban J connectivity index is 2.32. The van der Waals surface area contributed by atoms with Crippen LogP contribution in [0, 0.1) is 5.92 Å². The Morgan fingerprint density at radius 1 is 1.27 bits per heavy atom. The molecule has 1 aromatic carbocycles. The summed E-state index contributed by atoms with van der Waals surface area (Å²) in [5, 5.41) is 4.08. The van der Waals surface area contributed by atoms with E-state index in [-0.39, 0.29) is 0 Å². The lowest BCUT2D eigenvalue weighted by Gasteiger charge is -2.04. The van der Waals surface area contributed by atoms with Crippen LogP contribution >= 0.6 is 0 Å². The van der Waals surface area contributed by atoms with Crippen molar-refractivity contribution in [3.8, 4) is 0 Å². The molecular formula is C13H19NO. The number of rotatable bonds is 5. The van der Waals surface area contributed by atoms with Crippen molar-refractivity contribution >= 4 is 5.71 Å². The van der Waals surface area contributed by atoms with Crippen LogP contribution in [0.15, 0.2) is 35.5 Å². The van der Waals surface area contributed by atoms with Crippen molar-refractivity contribution in [1.29, 1.82) is 0 Å². The first-order chi connectivity index (χ1) is 7.18. The topological polar surface area (TPSA) is 21.6 Å². The van der Waals surface area contributed by atoms with Crippen LogP contribution in [-0.4, -0.2) is 5.71 Å². The Morgan fingerprint density at radius 2 is 1.93 bits per heavy atom. The Kier molecular flexibility index (Phi) is 4.88. The SMILES string of the molecule is C/C(CC(C)C)=N\OCc1ccccc1. The maximum Gasteiger partial charge on any atom is 0.142 e. The van der Waals surface area contributed by atoms with Crippen molar-refractivity contribution in [2.45, 2.75) is 33.8 Å². The van der Waals surface area contributed by atoms with Gasteiger partial charge in [0.2, 0.25) is 0 Å². The fourth-order valence-electron chi connectivity index (χ4n) is 1.42. The van der Waals surface area contributed by atoms with Gasteiger partial charge in [0.25, 0.3) is 0 Å². The van der Waals surface area contributed by atoms with Gasteiger partial charge in [0.15, 0.2) is 0 Å². The summed E-state index contributed by atoms with van der Waals surface area (Å²) in [6.07, 6.45) is 0.995. The van der Waals surface area contributed by atoms with E-state index in [1.165, 1.54) is 0 Å². The van der Waals surface area contributed by atoms with Gasteiger partial charge in [0, 0.05) is 0 Å². The third-order valence-electron chi connectivity index (χ3n) is 2.00. The molecule has 0 heterocycles. The molecule has 1 rings (SSSR count). The summed E-state index contributed by atoms with van der Waals surface area (Å²) in [7, 11) is 0. The Hall–Kier alpha value is -1.31. The van der Waals surface area contributed by atoms with Crippen LogP contribution in [0.4, 0.5) is 0 Å². The zero-order chi connectivity index (χ0) is 11.1. The molecule has 15 heavy (non-hydrogen) atoms. The average molecular weight is 205 g/mol. The molecule has 0 amide bonds. The van der Waals surface area contributed by atoms with Crippen molar-refractivity contribution < 1.29 is 4.84 Å². The van der Waals surface area contributed by atoms with Crippen molar-refractivity contribution in [3.63, 3.8) is 0 Å². The normalized spacial score (nSPS) is 11.9. The van der Waals surface area contributed by atoms with E-state index in [1.807, 2.05) is 37.3 Å². The second-order valence-corrected chi connectivity index (χ2v) is 4.18. The molecule has 0 radical (unpaired) electrons. The van der Waals surface area contributed by atoms with Gasteiger partial charge in [0.1, 0.15) is 6.61 Å². The number of hydrogen-bond donors (Lipinski definition) is 0. The quantitative estimate of drug-likeness (QED) is 0.531. The van der Waals surface area contributed by atoms with Crippen LogP contribution < -0.4 is 0 Å². The van der Waals surface area contributed by atoms with Gasteiger partial charge >= 0.3 is 0 Å². The zero-order valence-corrected chi connectivity index (χ0v) is 9.73. The smallest absolute Gasteiger partial charge is 0.142 e.